The highest BCUT2D eigenvalue weighted by molar-refractivity contribution is 6.10. The second-order valence-corrected chi connectivity index (χ2v) is 5.46. The van der Waals surface area contributed by atoms with Gasteiger partial charge in [0.1, 0.15) is 6.04 Å². The molecule has 4 rings (SSSR count). The lowest BCUT2D eigenvalue weighted by Crippen LogP contribution is -2.48. The molecule has 0 fully saturated rings. The average molecular weight is 278 g/mol. The summed E-state index contributed by atoms with van der Waals surface area (Å²) in [5.74, 6) is -0.189. The summed E-state index contributed by atoms with van der Waals surface area (Å²) >= 11 is 0. The number of hydrogen-bond donors (Lipinski definition) is 1. The highest BCUT2D eigenvalue weighted by atomic mass is 16.2. The van der Waals surface area contributed by atoms with Crippen molar-refractivity contribution in [1.82, 2.24) is 4.90 Å². The van der Waals surface area contributed by atoms with E-state index in [1.54, 1.807) is 17.0 Å². The second kappa shape index (κ2) is 4.45. The van der Waals surface area contributed by atoms with E-state index in [1.165, 1.54) is 0 Å². The third-order valence-electron chi connectivity index (χ3n) is 4.23. The van der Waals surface area contributed by atoms with Crippen LogP contribution in [0.4, 0.5) is 5.69 Å². The Labute approximate surface area is 122 Å². The van der Waals surface area contributed by atoms with E-state index >= 15 is 0 Å². The van der Waals surface area contributed by atoms with Crippen LogP contribution >= 0.6 is 0 Å². The van der Waals surface area contributed by atoms with Crippen molar-refractivity contribution in [2.45, 2.75) is 19.0 Å². The Balaban J connectivity index is 1.82. The van der Waals surface area contributed by atoms with Crippen molar-refractivity contribution in [1.29, 1.82) is 0 Å². The minimum absolute atomic E-state index is 0.0801. The first-order valence-electron chi connectivity index (χ1n) is 7.02. The minimum atomic E-state index is -0.431. The molecule has 0 bridgehead atoms. The van der Waals surface area contributed by atoms with Crippen LogP contribution in [-0.2, 0) is 17.8 Å². The Morgan fingerprint density at radius 1 is 0.952 bits per heavy atom. The topological polar surface area (TPSA) is 49.4 Å². The van der Waals surface area contributed by atoms with E-state index in [4.69, 9.17) is 0 Å². The first kappa shape index (κ1) is 12.1. The number of amides is 2. The van der Waals surface area contributed by atoms with E-state index in [2.05, 4.69) is 5.32 Å². The molecule has 2 heterocycles. The SMILES string of the molecule is O=C1Nc2ccccc2C(=O)N2Cc3ccccc3C[C@@H]12. The molecule has 1 N–H and O–H groups in total. The van der Waals surface area contributed by atoms with Crippen LogP contribution in [0.5, 0.6) is 0 Å². The molecule has 2 aliphatic rings. The van der Waals surface area contributed by atoms with Crippen LogP contribution in [0, 0.1) is 0 Å². The third kappa shape index (κ3) is 1.83. The summed E-state index contributed by atoms with van der Waals surface area (Å²) in [6.45, 7) is 0.488. The predicted molar refractivity (Wildman–Crippen MR) is 78.9 cm³/mol. The third-order valence-corrected chi connectivity index (χ3v) is 4.23. The monoisotopic (exact) mass is 278 g/mol. The smallest absolute Gasteiger partial charge is 0.256 e. The van der Waals surface area contributed by atoms with Crippen molar-refractivity contribution in [3.05, 3.63) is 65.2 Å². The molecule has 2 aliphatic heterocycles. The molecule has 0 unspecified atom stereocenters. The fraction of sp³-hybridized carbons (Fsp3) is 0.176. The molecule has 4 nitrogen and oxygen atoms in total. The summed E-state index contributed by atoms with van der Waals surface area (Å²) in [6, 6.07) is 14.7. The van der Waals surface area contributed by atoms with Gasteiger partial charge in [-0.05, 0) is 23.3 Å². The van der Waals surface area contributed by atoms with Crippen molar-refractivity contribution < 1.29 is 9.59 Å². The van der Waals surface area contributed by atoms with Gasteiger partial charge in [-0.1, -0.05) is 36.4 Å². The molecule has 0 spiro atoms. The van der Waals surface area contributed by atoms with Crippen LogP contribution in [0.15, 0.2) is 48.5 Å². The minimum Gasteiger partial charge on any atom is -0.324 e. The van der Waals surface area contributed by atoms with Gasteiger partial charge in [0.25, 0.3) is 5.91 Å². The molecule has 104 valence electrons. The number of carbonyl (C=O) groups is 2. The largest absolute Gasteiger partial charge is 0.324 e. The summed E-state index contributed by atoms with van der Waals surface area (Å²) in [5.41, 5.74) is 3.43. The van der Waals surface area contributed by atoms with Gasteiger partial charge in [0.15, 0.2) is 0 Å². The van der Waals surface area contributed by atoms with Crippen molar-refractivity contribution in [3.63, 3.8) is 0 Å². The lowest BCUT2D eigenvalue weighted by molar-refractivity contribution is -0.120. The number of para-hydroxylation sites is 1. The Kier molecular flexibility index (Phi) is 2.57. The van der Waals surface area contributed by atoms with Crippen LogP contribution < -0.4 is 5.32 Å². The van der Waals surface area contributed by atoms with Crippen molar-refractivity contribution in [2.24, 2.45) is 0 Å². The lowest BCUT2D eigenvalue weighted by Gasteiger charge is -2.34. The lowest BCUT2D eigenvalue weighted by atomic mass is 9.93. The molecule has 0 radical (unpaired) electrons. The van der Waals surface area contributed by atoms with Crippen LogP contribution in [0.3, 0.4) is 0 Å². The maximum atomic E-state index is 12.8. The van der Waals surface area contributed by atoms with Crippen LogP contribution in [-0.4, -0.2) is 22.8 Å². The number of nitrogens with one attached hydrogen (secondary N) is 1. The fourth-order valence-electron chi connectivity index (χ4n) is 3.12. The van der Waals surface area contributed by atoms with Crippen LogP contribution in [0.1, 0.15) is 21.5 Å². The van der Waals surface area contributed by atoms with Gasteiger partial charge in [0.05, 0.1) is 11.3 Å². The summed E-state index contributed by atoms with van der Waals surface area (Å²) in [7, 11) is 0. The molecule has 21 heavy (non-hydrogen) atoms. The zero-order chi connectivity index (χ0) is 14.4. The standard InChI is InChI=1S/C17H14N2O2/c20-16-15-9-11-5-1-2-6-12(11)10-19(15)17(21)13-7-3-4-8-14(13)18-16/h1-8,15H,9-10H2,(H,18,20)/t15-/m0/s1. The summed E-state index contributed by atoms with van der Waals surface area (Å²) in [6.07, 6.45) is 0.571. The van der Waals surface area contributed by atoms with Crippen molar-refractivity contribution in [3.8, 4) is 0 Å². The molecular formula is C17H14N2O2. The molecule has 2 amide bonds. The molecule has 0 aromatic heterocycles. The molecule has 2 aromatic carbocycles. The van der Waals surface area contributed by atoms with Crippen LogP contribution in [0.2, 0.25) is 0 Å². The summed E-state index contributed by atoms with van der Waals surface area (Å²) in [4.78, 5) is 26.9. The van der Waals surface area contributed by atoms with Gasteiger partial charge >= 0.3 is 0 Å². The maximum absolute atomic E-state index is 12.8. The van der Waals surface area contributed by atoms with E-state index in [1.807, 2.05) is 36.4 Å². The van der Waals surface area contributed by atoms with Gasteiger partial charge in [-0.25, -0.2) is 0 Å². The highest BCUT2D eigenvalue weighted by Gasteiger charge is 2.38. The average Bonchev–Trinajstić information content (AvgIpc) is 2.62. The van der Waals surface area contributed by atoms with Crippen molar-refractivity contribution in [2.75, 3.05) is 5.32 Å². The first-order chi connectivity index (χ1) is 10.2. The quantitative estimate of drug-likeness (QED) is 0.803. The Morgan fingerprint density at radius 2 is 1.67 bits per heavy atom. The summed E-state index contributed by atoms with van der Waals surface area (Å²) in [5, 5.41) is 2.88. The second-order valence-electron chi connectivity index (χ2n) is 5.46. The number of fused-ring (bicyclic) bond motifs is 3. The Hall–Kier alpha value is -2.62. The normalized spacial score (nSPS) is 20.0. The molecule has 1 atom stereocenters. The van der Waals surface area contributed by atoms with Gasteiger partial charge in [-0.15, -0.1) is 0 Å². The van der Waals surface area contributed by atoms with E-state index in [0.29, 0.717) is 24.2 Å². The maximum Gasteiger partial charge on any atom is 0.256 e. The van der Waals surface area contributed by atoms with Gasteiger partial charge in [-0.2, -0.15) is 0 Å². The molecule has 0 saturated heterocycles. The predicted octanol–water partition coefficient (Wildman–Crippen LogP) is 2.21. The first-order valence-corrected chi connectivity index (χ1v) is 7.02. The van der Waals surface area contributed by atoms with Gasteiger partial charge < -0.3 is 10.2 Å². The van der Waals surface area contributed by atoms with Gasteiger partial charge in [0.2, 0.25) is 5.91 Å². The number of benzene rings is 2. The van der Waals surface area contributed by atoms with Crippen LogP contribution in [0.25, 0.3) is 0 Å². The number of carbonyl (C=O) groups excluding carboxylic acids is 2. The molecule has 0 aliphatic carbocycles. The molecular weight excluding hydrogens is 264 g/mol. The molecule has 0 saturated carbocycles. The van der Waals surface area contributed by atoms with E-state index in [9.17, 15) is 9.59 Å². The van der Waals surface area contributed by atoms with Crippen molar-refractivity contribution >= 4 is 17.5 Å². The molecule has 2 aromatic rings. The zero-order valence-corrected chi connectivity index (χ0v) is 11.4. The van der Waals surface area contributed by atoms with E-state index in [0.717, 1.165) is 11.1 Å². The highest BCUT2D eigenvalue weighted by Crippen LogP contribution is 2.30. The number of nitrogens with zero attached hydrogens (tertiary/aromatic N) is 1. The fourth-order valence-corrected chi connectivity index (χ4v) is 3.12. The number of rotatable bonds is 0. The summed E-state index contributed by atoms with van der Waals surface area (Å²) < 4.78 is 0. The van der Waals surface area contributed by atoms with Gasteiger partial charge in [0, 0.05) is 13.0 Å². The van der Waals surface area contributed by atoms with E-state index < -0.39 is 6.04 Å². The molecule has 4 heteroatoms. The van der Waals surface area contributed by atoms with Gasteiger partial charge in [-0.3, -0.25) is 9.59 Å². The number of hydrogen-bond acceptors (Lipinski definition) is 2. The Bertz CT molecular complexity index is 754. The Morgan fingerprint density at radius 3 is 2.52 bits per heavy atom. The number of anilines is 1. The zero-order valence-electron chi connectivity index (χ0n) is 11.4. The van der Waals surface area contributed by atoms with E-state index in [-0.39, 0.29) is 11.8 Å².